The Morgan fingerprint density at radius 3 is 2.58 bits per heavy atom. The molecule has 0 atom stereocenters. The first-order valence-electron chi connectivity index (χ1n) is 5.71. The van der Waals surface area contributed by atoms with Crippen LogP contribution in [0.3, 0.4) is 0 Å². The van der Waals surface area contributed by atoms with E-state index in [1.807, 2.05) is 0 Å². The summed E-state index contributed by atoms with van der Waals surface area (Å²) in [6.45, 7) is 0.159. The molecule has 1 fully saturated rings. The zero-order chi connectivity index (χ0) is 14.1. The monoisotopic (exact) mass is 286 g/mol. The second kappa shape index (κ2) is 4.83. The van der Waals surface area contributed by atoms with Gasteiger partial charge in [-0.05, 0) is 35.2 Å². The van der Waals surface area contributed by atoms with E-state index in [0.717, 1.165) is 37.6 Å². The second-order valence-corrected chi connectivity index (χ2v) is 6.42. The van der Waals surface area contributed by atoms with E-state index >= 15 is 0 Å². The molecule has 0 radical (unpaired) electrons. The summed E-state index contributed by atoms with van der Waals surface area (Å²) in [5.41, 5.74) is 5.45. The Kier molecular flexibility index (Phi) is 3.52. The molecule has 1 aliphatic rings. The molecule has 9 heteroatoms. The van der Waals surface area contributed by atoms with E-state index in [0.29, 0.717) is 0 Å². The lowest BCUT2D eigenvalue weighted by molar-refractivity contribution is -0.389. The van der Waals surface area contributed by atoms with Crippen LogP contribution < -0.4 is 10.5 Å². The maximum absolute atomic E-state index is 11.9. The van der Waals surface area contributed by atoms with E-state index in [9.17, 15) is 18.5 Å². The molecule has 1 aromatic rings. The van der Waals surface area contributed by atoms with Crippen LogP contribution in [-0.2, 0) is 10.0 Å². The summed E-state index contributed by atoms with van der Waals surface area (Å²) < 4.78 is 26.3. The van der Waals surface area contributed by atoms with Crippen molar-refractivity contribution in [3.05, 3.63) is 28.4 Å². The molecule has 0 spiro atoms. The molecule has 0 saturated heterocycles. The number of nitrogens with zero attached hydrogens (tertiary/aromatic N) is 2. The molecule has 0 bridgehead atoms. The Labute approximate surface area is 110 Å². The van der Waals surface area contributed by atoms with Crippen LogP contribution in [0.15, 0.2) is 23.2 Å². The third kappa shape index (κ3) is 3.06. The zero-order valence-corrected chi connectivity index (χ0v) is 10.9. The van der Waals surface area contributed by atoms with Gasteiger partial charge >= 0.3 is 5.82 Å². The predicted octanol–water partition coefficient (Wildman–Crippen LogP) is 0.149. The molecule has 0 aliphatic heterocycles. The molecule has 19 heavy (non-hydrogen) atoms. The normalized spacial score (nSPS) is 17.7. The van der Waals surface area contributed by atoms with Crippen molar-refractivity contribution in [1.82, 2.24) is 9.71 Å². The van der Waals surface area contributed by atoms with Crippen LogP contribution in [0, 0.1) is 10.1 Å². The van der Waals surface area contributed by atoms with Gasteiger partial charge in [-0.3, -0.25) is 0 Å². The predicted molar refractivity (Wildman–Crippen MR) is 66.8 cm³/mol. The molecule has 2 rings (SSSR count). The van der Waals surface area contributed by atoms with Gasteiger partial charge in [0, 0.05) is 18.2 Å². The Morgan fingerprint density at radius 1 is 1.47 bits per heavy atom. The van der Waals surface area contributed by atoms with Gasteiger partial charge in [-0.15, -0.1) is 0 Å². The third-order valence-electron chi connectivity index (χ3n) is 3.18. The number of nitrogens with two attached hydrogens (primary N) is 1. The number of hydrogen-bond acceptors (Lipinski definition) is 6. The number of nitrogens with one attached hydrogen (secondary N) is 1. The minimum absolute atomic E-state index is 0.110. The van der Waals surface area contributed by atoms with Gasteiger partial charge in [0.25, 0.3) is 0 Å². The maximum Gasteiger partial charge on any atom is 0.363 e. The van der Waals surface area contributed by atoms with Gasteiger partial charge in [0.15, 0.2) is 6.20 Å². The number of rotatable bonds is 5. The molecule has 0 unspecified atom stereocenters. The van der Waals surface area contributed by atoms with E-state index in [-0.39, 0.29) is 11.4 Å². The lowest BCUT2D eigenvalue weighted by Crippen LogP contribution is -2.54. The highest BCUT2D eigenvalue weighted by Gasteiger charge is 2.34. The summed E-state index contributed by atoms with van der Waals surface area (Å²) >= 11 is 0. The highest BCUT2D eigenvalue weighted by atomic mass is 32.2. The van der Waals surface area contributed by atoms with Crippen LogP contribution in [0.5, 0.6) is 0 Å². The number of pyridine rings is 1. The molecule has 104 valence electrons. The Hall–Kier alpha value is -1.58. The summed E-state index contributed by atoms with van der Waals surface area (Å²) in [5, 5.41) is 10.4. The van der Waals surface area contributed by atoms with Crippen LogP contribution in [-0.4, -0.2) is 30.4 Å². The summed E-state index contributed by atoms with van der Waals surface area (Å²) in [6, 6.07) is 2.20. The number of aromatic nitrogens is 1. The van der Waals surface area contributed by atoms with Crippen molar-refractivity contribution < 1.29 is 13.3 Å². The van der Waals surface area contributed by atoms with Crippen LogP contribution in [0.25, 0.3) is 0 Å². The first-order chi connectivity index (χ1) is 8.82. The SMILES string of the molecule is NC1(CNS(=O)(=O)c2ccc([N+](=O)[O-])nc2)CCC1. The molecule has 3 N–H and O–H groups in total. The highest BCUT2D eigenvalue weighted by molar-refractivity contribution is 7.89. The molecule has 1 aliphatic carbocycles. The number of sulfonamides is 1. The topological polar surface area (TPSA) is 128 Å². The maximum atomic E-state index is 11.9. The molecule has 8 nitrogen and oxygen atoms in total. The van der Waals surface area contributed by atoms with Crippen molar-refractivity contribution in [1.29, 1.82) is 0 Å². The number of hydrogen-bond donors (Lipinski definition) is 2. The molecular formula is C10H14N4O4S. The van der Waals surface area contributed by atoms with Crippen molar-refractivity contribution in [2.24, 2.45) is 5.73 Å². The van der Waals surface area contributed by atoms with Gasteiger partial charge in [-0.2, -0.15) is 0 Å². The summed E-state index contributed by atoms with van der Waals surface area (Å²) in [7, 11) is -3.73. The lowest BCUT2D eigenvalue weighted by Gasteiger charge is -2.37. The van der Waals surface area contributed by atoms with E-state index < -0.39 is 26.3 Å². The highest BCUT2D eigenvalue weighted by Crippen LogP contribution is 2.28. The van der Waals surface area contributed by atoms with Crippen LogP contribution >= 0.6 is 0 Å². The van der Waals surface area contributed by atoms with Gasteiger partial charge in [0.05, 0.1) is 0 Å². The second-order valence-electron chi connectivity index (χ2n) is 4.65. The van der Waals surface area contributed by atoms with Crippen LogP contribution in [0.1, 0.15) is 19.3 Å². The zero-order valence-electron chi connectivity index (χ0n) is 10.1. The molecule has 1 aromatic heterocycles. The number of nitro groups is 1. The fraction of sp³-hybridized carbons (Fsp3) is 0.500. The van der Waals surface area contributed by atoms with E-state index in [1.54, 1.807) is 0 Å². The van der Waals surface area contributed by atoms with Crippen molar-refractivity contribution >= 4 is 15.8 Å². The average molecular weight is 286 g/mol. The molecular weight excluding hydrogens is 272 g/mol. The smallest absolute Gasteiger partial charge is 0.358 e. The van der Waals surface area contributed by atoms with Crippen molar-refractivity contribution in [3.8, 4) is 0 Å². The first-order valence-corrected chi connectivity index (χ1v) is 7.20. The fourth-order valence-electron chi connectivity index (χ4n) is 1.77. The van der Waals surface area contributed by atoms with Gasteiger partial charge in [0.2, 0.25) is 10.0 Å². The Balaban J connectivity index is 2.08. The molecule has 1 saturated carbocycles. The summed E-state index contributed by atoms with van der Waals surface area (Å²) in [5.74, 6) is -0.395. The van der Waals surface area contributed by atoms with Crippen LogP contribution in [0.2, 0.25) is 0 Å². The Bertz CT molecular complexity index is 580. The third-order valence-corrected chi connectivity index (χ3v) is 4.57. The van der Waals surface area contributed by atoms with E-state index in [4.69, 9.17) is 5.73 Å². The van der Waals surface area contributed by atoms with Crippen molar-refractivity contribution in [2.45, 2.75) is 29.7 Å². The minimum Gasteiger partial charge on any atom is -0.358 e. The van der Waals surface area contributed by atoms with E-state index in [1.165, 1.54) is 0 Å². The standard InChI is InChI=1S/C10H14N4O4S/c11-10(4-1-5-10)7-13-19(17,18)8-2-3-9(12-6-8)14(15)16/h2-3,6,13H,1,4-5,7,11H2. The first kappa shape index (κ1) is 13.8. The van der Waals surface area contributed by atoms with Gasteiger partial charge in [0.1, 0.15) is 4.90 Å². The van der Waals surface area contributed by atoms with Gasteiger partial charge in [-0.1, -0.05) is 0 Å². The Morgan fingerprint density at radius 2 is 2.16 bits per heavy atom. The average Bonchev–Trinajstić information content (AvgIpc) is 2.34. The molecule has 1 heterocycles. The van der Waals surface area contributed by atoms with Gasteiger partial charge in [-0.25, -0.2) is 13.1 Å². The fourth-order valence-corrected chi connectivity index (χ4v) is 2.85. The lowest BCUT2D eigenvalue weighted by atomic mass is 9.78. The summed E-state index contributed by atoms with van der Waals surface area (Å²) in [4.78, 5) is 13.1. The van der Waals surface area contributed by atoms with Gasteiger partial charge < -0.3 is 15.8 Å². The van der Waals surface area contributed by atoms with Crippen molar-refractivity contribution in [3.63, 3.8) is 0 Å². The molecule has 0 amide bonds. The van der Waals surface area contributed by atoms with Crippen LogP contribution in [0.4, 0.5) is 5.82 Å². The largest absolute Gasteiger partial charge is 0.363 e. The van der Waals surface area contributed by atoms with E-state index in [2.05, 4.69) is 9.71 Å². The molecule has 0 aromatic carbocycles. The summed E-state index contributed by atoms with van der Waals surface area (Å²) in [6.07, 6.45) is 3.53. The van der Waals surface area contributed by atoms with Crippen molar-refractivity contribution in [2.75, 3.05) is 6.54 Å². The quantitative estimate of drug-likeness (QED) is 0.585. The minimum atomic E-state index is -3.73.